The third-order valence-electron chi connectivity index (χ3n) is 3.77. The number of urea groups is 1. The van der Waals surface area contributed by atoms with Crippen LogP contribution in [-0.2, 0) is 0 Å². The number of primary amides is 1. The van der Waals surface area contributed by atoms with E-state index in [1.54, 1.807) is 36.7 Å². The third-order valence-corrected chi connectivity index (χ3v) is 3.77. The lowest BCUT2D eigenvalue weighted by Gasteiger charge is -2.08. The van der Waals surface area contributed by atoms with Crippen LogP contribution in [0.1, 0.15) is 27.0 Å². The van der Waals surface area contributed by atoms with E-state index >= 15 is 0 Å². The van der Waals surface area contributed by atoms with Gasteiger partial charge in [-0.25, -0.2) is 4.79 Å². The number of thiol groups is 1. The van der Waals surface area contributed by atoms with Gasteiger partial charge in [0.1, 0.15) is 0 Å². The zero-order chi connectivity index (χ0) is 21.9. The largest absolute Gasteiger partial charge is 0.366 e. The molecular weight excluding hydrogens is 396 g/mol. The Bertz CT molecular complexity index is 1100. The number of rotatable bonds is 3. The maximum absolute atomic E-state index is 12.2. The molecule has 4 N–H and O–H groups in total. The van der Waals surface area contributed by atoms with Crippen LogP contribution in [0, 0.1) is 18.8 Å². The summed E-state index contributed by atoms with van der Waals surface area (Å²) in [6.07, 6.45) is 4.64. The maximum Gasteiger partial charge on any atom is 0.323 e. The normalized spacial score (nSPS) is 9.30. The highest BCUT2D eigenvalue weighted by atomic mass is 32.1. The first-order valence-electron chi connectivity index (χ1n) is 8.96. The van der Waals surface area contributed by atoms with Gasteiger partial charge in [-0.2, -0.15) is 12.6 Å². The Hall–Kier alpha value is -3.76. The number of hydrogen-bond donors (Lipinski definition) is 4. The molecule has 6 nitrogen and oxygen atoms in total. The van der Waals surface area contributed by atoms with Crippen molar-refractivity contribution >= 4 is 35.9 Å². The van der Waals surface area contributed by atoms with Crippen LogP contribution in [0.3, 0.4) is 0 Å². The highest BCUT2D eigenvalue weighted by Crippen LogP contribution is 2.13. The van der Waals surface area contributed by atoms with Crippen molar-refractivity contribution in [2.24, 2.45) is 5.73 Å². The Morgan fingerprint density at radius 3 is 2.20 bits per heavy atom. The van der Waals surface area contributed by atoms with Gasteiger partial charge in [-0.1, -0.05) is 30.0 Å². The summed E-state index contributed by atoms with van der Waals surface area (Å²) in [6, 6.07) is 15.9. The number of amides is 3. The van der Waals surface area contributed by atoms with Gasteiger partial charge in [0.15, 0.2) is 0 Å². The van der Waals surface area contributed by atoms with E-state index in [4.69, 9.17) is 5.73 Å². The predicted molar refractivity (Wildman–Crippen MR) is 124 cm³/mol. The van der Waals surface area contributed by atoms with Crippen LogP contribution in [-0.4, -0.2) is 23.2 Å². The van der Waals surface area contributed by atoms with E-state index in [9.17, 15) is 9.59 Å². The topological polar surface area (TPSA) is 97.1 Å². The lowest BCUT2D eigenvalue weighted by molar-refractivity contribution is 0.1000. The number of carbonyl (C=O) groups excluding carboxylic acids is 2. The summed E-state index contributed by atoms with van der Waals surface area (Å²) in [5, 5.41) is 5.57. The van der Waals surface area contributed by atoms with Gasteiger partial charge >= 0.3 is 6.03 Å². The quantitative estimate of drug-likeness (QED) is 0.381. The van der Waals surface area contributed by atoms with E-state index in [1.165, 1.54) is 6.20 Å². The second kappa shape index (κ2) is 11.3. The number of aryl methyl sites for hydroxylation is 1. The van der Waals surface area contributed by atoms with Crippen LogP contribution in [0.5, 0.6) is 0 Å². The van der Waals surface area contributed by atoms with Crippen molar-refractivity contribution in [1.29, 1.82) is 0 Å². The van der Waals surface area contributed by atoms with Crippen molar-refractivity contribution in [2.75, 3.05) is 16.9 Å². The molecule has 152 valence electrons. The minimum atomic E-state index is -0.554. The van der Waals surface area contributed by atoms with Gasteiger partial charge in [-0.3, -0.25) is 9.78 Å². The molecule has 0 saturated carbocycles. The molecule has 0 aliphatic heterocycles. The molecule has 3 amide bonds. The summed E-state index contributed by atoms with van der Waals surface area (Å²) in [5.41, 5.74) is 9.22. The predicted octanol–water partition coefficient (Wildman–Crippen LogP) is 4.08. The van der Waals surface area contributed by atoms with E-state index in [1.807, 2.05) is 37.3 Å². The number of pyridine rings is 1. The van der Waals surface area contributed by atoms with Crippen molar-refractivity contribution in [3.63, 3.8) is 0 Å². The summed E-state index contributed by atoms with van der Waals surface area (Å²) in [5.74, 6) is 5.36. The van der Waals surface area contributed by atoms with Gasteiger partial charge < -0.3 is 16.4 Å². The number of hydrogen-bond acceptors (Lipinski definition) is 4. The second-order valence-electron chi connectivity index (χ2n) is 6.11. The molecule has 3 rings (SSSR count). The molecule has 0 atom stereocenters. The van der Waals surface area contributed by atoms with Crippen LogP contribution >= 0.6 is 12.6 Å². The fourth-order valence-electron chi connectivity index (χ4n) is 2.48. The number of nitrogens with one attached hydrogen (secondary N) is 2. The van der Waals surface area contributed by atoms with Gasteiger partial charge in [-0.05, 0) is 55.1 Å². The number of aromatic nitrogens is 1. The summed E-state index contributed by atoms with van der Waals surface area (Å²) in [4.78, 5) is 27.3. The SMILES string of the molecule is CS.Cc1cccc(NC(=O)Nc2cccc(C#Cc3cncc(C(N)=O)c3)c2)c1. The van der Waals surface area contributed by atoms with Crippen LogP contribution in [0.25, 0.3) is 0 Å². The van der Waals surface area contributed by atoms with Gasteiger partial charge in [0.25, 0.3) is 0 Å². The van der Waals surface area contributed by atoms with Crippen LogP contribution < -0.4 is 16.4 Å². The first-order valence-corrected chi connectivity index (χ1v) is 9.85. The van der Waals surface area contributed by atoms with E-state index in [0.29, 0.717) is 22.4 Å². The fourth-order valence-corrected chi connectivity index (χ4v) is 2.48. The molecule has 0 fully saturated rings. The van der Waals surface area contributed by atoms with Crippen molar-refractivity contribution in [3.8, 4) is 11.8 Å². The average Bonchev–Trinajstić information content (AvgIpc) is 2.74. The maximum atomic E-state index is 12.2. The first-order chi connectivity index (χ1) is 14.5. The Kier molecular flexibility index (Phi) is 8.48. The minimum Gasteiger partial charge on any atom is -0.366 e. The minimum absolute atomic E-state index is 0.301. The number of carbonyl (C=O) groups is 2. The molecule has 0 spiro atoms. The molecule has 0 aliphatic carbocycles. The molecular formula is C23H22N4O2S. The summed E-state index contributed by atoms with van der Waals surface area (Å²) >= 11 is 3.53. The van der Waals surface area contributed by atoms with E-state index in [0.717, 1.165) is 11.3 Å². The van der Waals surface area contributed by atoms with E-state index in [2.05, 4.69) is 40.1 Å². The molecule has 1 heterocycles. The van der Waals surface area contributed by atoms with Gasteiger partial charge in [0, 0.05) is 34.9 Å². The Morgan fingerprint density at radius 2 is 1.53 bits per heavy atom. The highest BCUT2D eigenvalue weighted by molar-refractivity contribution is 7.79. The van der Waals surface area contributed by atoms with Crippen molar-refractivity contribution in [2.45, 2.75) is 6.92 Å². The zero-order valence-corrected chi connectivity index (χ0v) is 17.5. The van der Waals surface area contributed by atoms with Gasteiger partial charge in [0.2, 0.25) is 5.91 Å². The van der Waals surface area contributed by atoms with Crippen LogP contribution in [0.15, 0.2) is 67.0 Å². The average molecular weight is 419 g/mol. The van der Waals surface area contributed by atoms with Crippen LogP contribution in [0.4, 0.5) is 16.2 Å². The molecule has 0 aliphatic rings. The molecule has 1 aromatic heterocycles. The molecule has 3 aromatic rings. The molecule has 2 aromatic carbocycles. The number of nitrogens with two attached hydrogens (primary N) is 1. The lowest BCUT2D eigenvalue weighted by Crippen LogP contribution is -2.19. The third kappa shape index (κ3) is 7.00. The lowest BCUT2D eigenvalue weighted by atomic mass is 10.1. The fraction of sp³-hybridized carbons (Fsp3) is 0.0870. The number of benzene rings is 2. The molecule has 0 bridgehead atoms. The summed E-state index contributed by atoms with van der Waals surface area (Å²) < 4.78 is 0. The zero-order valence-electron chi connectivity index (χ0n) is 16.6. The number of anilines is 2. The van der Waals surface area contributed by atoms with Crippen molar-refractivity contribution in [3.05, 3.63) is 89.2 Å². The van der Waals surface area contributed by atoms with E-state index < -0.39 is 5.91 Å². The molecule has 0 unspecified atom stereocenters. The molecule has 30 heavy (non-hydrogen) atoms. The summed E-state index contributed by atoms with van der Waals surface area (Å²) in [7, 11) is 0. The standard InChI is InChI=1S/C22H18N4O2.CH4S/c1-15-4-2-6-19(10-15)25-22(28)26-20-7-3-5-16(12-20)8-9-17-11-18(21(23)27)14-24-13-17;1-2/h2-7,10-14H,1H3,(H2,23,27)(H2,25,26,28);2H,1H3. The first kappa shape index (κ1) is 22.5. The van der Waals surface area contributed by atoms with Gasteiger partial charge in [-0.15, -0.1) is 0 Å². The molecule has 0 radical (unpaired) electrons. The van der Waals surface area contributed by atoms with Gasteiger partial charge in [0.05, 0.1) is 5.56 Å². The molecule has 7 heteroatoms. The Morgan fingerprint density at radius 1 is 0.900 bits per heavy atom. The van der Waals surface area contributed by atoms with Crippen molar-refractivity contribution in [1.82, 2.24) is 4.98 Å². The highest BCUT2D eigenvalue weighted by Gasteiger charge is 2.03. The van der Waals surface area contributed by atoms with E-state index in [-0.39, 0.29) is 6.03 Å². The monoisotopic (exact) mass is 418 g/mol. The second-order valence-corrected chi connectivity index (χ2v) is 6.11. The Labute approximate surface area is 181 Å². The smallest absolute Gasteiger partial charge is 0.323 e. The van der Waals surface area contributed by atoms with Crippen LogP contribution in [0.2, 0.25) is 0 Å². The Balaban J connectivity index is 0.00000155. The molecule has 0 saturated heterocycles. The van der Waals surface area contributed by atoms with Crippen molar-refractivity contribution < 1.29 is 9.59 Å². The summed E-state index contributed by atoms with van der Waals surface area (Å²) in [6.45, 7) is 1.96. The number of nitrogens with zero attached hydrogens (tertiary/aromatic N) is 1.